The van der Waals surface area contributed by atoms with Crippen molar-refractivity contribution in [2.75, 3.05) is 12.4 Å². The Kier molecular flexibility index (Phi) is 7.07. The van der Waals surface area contributed by atoms with Crippen LogP contribution < -0.4 is 14.8 Å². The van der Waals surface area contributed by atoms with E-state index in [2.05, 4.69) is 10.1 Å². The number of alkyl halides is 3. The normalized spacial score (nSPS) is 14.3. The van der Waals surface area contributed by atoms with E-state index in [4.69, 9.17) is 9.73 Å². The molecule has 0 aliphatic carbocycles. The molecule has 37 heavy (non-hydrogen) atoms. The molecule has 192 valence electrons. The van der Waals surface area contributed by atoms with Crippen molar-refractivity contribution in [2.45, 2.75) is 38.6 Å². The third-order valence-corrected chi connectivity index (χ3v) is 5.79. The molecule has 0 fully saturated rings. The number of amides is 1. The number of anilines is 1. The van der Waals surface area contributed by atoms with Gasteiger partial charge in [-0.05, 0) is 68.3 Å². The molecule has 1 heterocycles. The van der Waals surface area contributed by atoms with Crippen molar-refractivity contribution < 1.29 is 32.2 Å². The predicted octanol–water partition coefficient (Wildman–Crippen LogP) is 6.24. The van der Waals surface area contributed by atoms with Gasteiger partial charge in [0.1, 0.15) is 11.5 Å². The molecule has 0 radical (unpaired) electrons. The van der Waals surface area contributed by atoms with E-state index < -0.39 is 18.0 Å². The van der Waals surface area contributed by atoms with Crippen LogP contribution in [0.3, 0.4) is 0 Å². The van der Waals surface area contributed by atoms with Crippen molar-refractivity contribution in [1.29, 1.82) is 0 Å². The van der Waals surface area contributed by atoms with E-state index in [-0.39, 0.29) is 23.3 Å². The molecular formula is C28H25F3N2O4. The number of carbonyl (C=O) groups is 2. The fourth-order valence-electron chi connectivity index (χ4n) is 4.23. The van der Waals surface area contributed by atoms with Crippen LogP contribution in [0.4, 0.5) is 18.9 Å². The quantitative estimate of drug-likeness (QED) is 0.382. The second-order valence-electron chi connectivity index (χ2n) is 9.28. The lowest BCUT2D eigenvalue weighted by Crippen LogP contribution is -2.30. The molecule has 1 aliphatic heterocycles. The minimum Gasteiger partial charge on any atom is -0.497 e. The number of aliphatic imine (C=N–C) groups is 1. The van der Waals surface area contributed by atoms with E-state index in [0.29, 0.717) is 22.7 Å². The van der Waals surface area contributed by atoms with Crippen LogP contribution in [0, 0.1) is 0 Å². The van der Waals surface area contributed by atoms with E-state index in [1.165, 1.54) is 18.2 Å². The molecule has 9 heteroatoms. The first-order chi connectivity index (χ1) is 17.4. The van der Waals surface area contributed by atoms with E-state index in [1.54, 1.807) is 25.3 Å². The number of methoxy groups -OCH3 is 1. The first-order valence-electron chi connectivity index (χ1n) is 11.5. The predicted molar refractivity (Wildman–Crippen MR) is 134 cm³/mol. The van der Waals surface area contributed by atoms with Crippen LogP contribution in [0.2, 0.25) is 0 Å². The lowest BCUT2D eigenvalue weighted by atomic mass is 9.85. The van der Waals surface area contributed by atoms with Crippen molar-refractivity contribution in [1.82, 2.24) is 0 Å². The van der Waals surface area contributed by atoms with E-state index in [1.807, 2.05) is 32.0 Å². The summed E-state index contributed by atoms with van der Waals surface area (Å²) in [5.74, 6) is -0.663. The topological polar surface area (TPSA) is 77.0 Å². The molecule has 6 nitrogen and oxygen atoms in total. The van der Waals surface area contributed by atoms with Crippen LogP contribution in [-0.2, 0) is 6.42 Å². The van der Waals surface area contributed by atoms with Gasteiger partial charge in [-0.2, -0.15) is 0 Å². The van der Waals surface area contributed by atoms with Gasteiger partial charge in [0.05, 0.1) is 24.8 Å². The lowest BCUT2D eigenvalue weighted by Gasteiger charge is -2.29. The van der Waals surface area contributed by atoms with Gasteiger partial charge in [0.25, 0.3) is 5.91 Å². The second-order valence-corrected chi connectivity index (χ2v) is 9.28. The number of ketones is 1. The first-order valence-corrected chi connectivity index (χ1v) is 11.5. The highest BCUT2D eigenvalue weighted by Gasteiger charge is 2.31. The molecule has 1 aliphatic rings. The van der Waals surface area contributed by atoms with Gasteiger partial charge in [0.15, 0.2) is 5.78 Å². The Balaban J connectivity index is 1.52. The maximum absolute atomic E-state index is 13.2. The Morgan fingerprint density at radius 3 is 2.43 bits per heavy atom. The number of halogens is 3. The van der Waals surface area contributed by atoms with Gasteiger partial charge < -0.3 is 14.8 Å². The van der Waals surface area contributed by atoms with Crippen LogP contribution in [0.15, 0.2) is 71.7 Å². The highest BCUT2D eigenvalue weighted by Crippen LogP contribution is 2.31. The number of carbonyl (C=O) groups excluding carboxylic acids is 2. The van der Waals surface area contributed by atoms with Crippen LogP contribution in [0.1, 0.15) is 52.1 Å². The Hall–Kier alpha value is -4.14. The van der Waals surface area contributed by atoms with E-state index in [9.17, 15) is 22.8 Å². The van der Waals surface area contributed by atoms with Crippen molar-refractivity contribution in [3.63, 3.8) is 0 Å². The molecule has 0 saturated heterocycles. The summed E-state index contributed by atoms with van der Waals surface area (Å²) >= 11 is 0. The molecule has 0 bridgehead atoms. The second kappa shape index (κ2) is 10.1. The van der Waals surface area contributed by atoms with E-state index >= 15 is 0 Å². The fourth-order valence-corrected chi connectivity index (χ4v) is 4.23. The molecule has 0 aromatic heterocycles. The maximum Gasteiger partial charge on any atom is 0.573 e. The van der Waals surface area contributed by atoms with E-state index in [0.717, 1.165) is 29.7 Å². The highest BCUT2D eigenvalue weighted by molar-refractivity contribution is 6.17. The summed E-state index contributed by atoms with van der Waals surface area (Å²) in [6.07, 6.45) is -4.08. The van der Waals surface area contributed by atoms with Gasteiger partial charge >= 0.3 is 6.36 Å². The van der Waals surface area contributed by atoms with Crippen LogP contribution in [0.5, 0.6) is 11.5 Å². The molecule has 0 saturated carbocycles. The minimum absolute atomic E-state index is 0.0252. The molecule has 4 rings (SSSR count). The molecule has 0 unspecified atom stereocenters. The number of ether oxygens (including phenoxy) is 2. The zero-order valence-corrected chi connectivity index (χ0v) is 20.5. The smallest absolute Gasteiger partial charge is 0.497 e. The van der Waals surface area contributed by atoms with Gasteiger partial charge in [0.2, 0.25) is 0 Å². The number of nitrogens with zero attached hydrogens (tertiary/aromatic N) is 1. The molecule has 3 aromatic rings. The third-order valence-electron chi connectivity index (χ3n) is 5.79. The van der Waals surface area contributed by atoms with Gasteiger partial charge in [0, 0.05) is 22.4 Å². The summed E-state index contributed by atoms with van der Waals surface area (Å²) in [5.41, 5.74) is 2.92. The molecule has 0 spiro atoms. The number of fused-ring (bicyclic) bond motifs is 1. The SMILES string of the molecule is COc1ccc2c(c1)C(CC(=O)c1cccc(NC(=O)c3cccc(OC(F)(F)F)c3)c1)=NC(C)(C)C2. The van der Waals surface area contributed by atoms with Crippen molar-refractivity contribution in [3.05, 3.63) is 89.0 Å². The summed E-state index contributed by atoms with van der Waals surface area (Å²) in [7, 11) is 1.58. The Morgan fingerprint density at radius 1 is 0.973 bits per heavy atom. The number of benzene rings is 3. The molecule has 3 aromatic carbocycles. The van der Waals surface area contributed by atoms with Crippen molar-refractivity contribution in [2.24, 2.45) is 4.99 Å². The largest absolute Gasteiger partial charge is 0.573 e. The monoisotopic (exact) mass is 510 g/mol. The number of rotatable bonds is 7. The molecule has 0 atom stereocenters. The Labute approximate surface area is 212 Å². The Bertz CT molecular complexity index is 1380. The number of nitrogens with one attached hydrogen (secondary N) is 1. The molecule has 1 N–H and O–H groups in total. The summed E-state index contributed by atoms with van der Waals surface area (Å²) in [4.78, 5) is 30.7. The maximum atomic E-state index is 13.2. The van der Waals surface area contributed by atoms with Gasteiger partial charge in [-0.3, -0.25) is 14.6 Å². The average Bonchev–Trinajstić information content (AvgIpc) is 2.82. The summed E-state index contributed by atoms with van der Waals surface area (Å²) in [6, 6.07) is 16.9. The summed E-state index contributed by atoms with van der Waals surface area (Å²) in [6.45, 7) is 4.02. The Morgan fingerprint density at radius 2 is 1.70 bits per heavy atom. The summed E-state index contributed by atoms with van der Waals surface area (Å²) in [5, 5.41) is 2.62. The van der Waals surface area contributed by atoms with Crippen LogP contribution >= 0.6 is 0 Å². The zero-order valence-electron chi connectivity index (χ0n) is 20.5. The molecular weight excluding hydrogens is 485 g/mol. The lowest BCUT2D eigenvalue weighted by molar-refractivity contribution is -0.274. The van der Waals surface area contributed by atoms with Gasteiger partial charge in [-0.1, -0.05) is 24.3 Å². The highest BCUT2D eigenvalue weighted by atomic mass is 19.4. The number of Topliss-reactive ketones (excluding diaryl/α,β-unsaturated/α-hetero) is 1. The first kappa shape index (κ1) is 25.9. The van der Waals surface area contributed by atoms with Crippen LogP contribution in [0.25, 0.3) is 0 Å². The van der Waals surface area contributed by atoms with Crippen molar-refractivity contribution >= 4 is 23.1 Å². The summed E-state index contributed by atoms with van der Waals surface area (Å²) < 4.78 is 46.7. The van der Waals surface area contributed by atoms with Crippen molar-refractivity contribution in [3.8, 4) is 11.5 Å². The van der Waals surface area contributed by atoms with Gasteiger partial charge in [-0.15, -0.1) is 13.2 Å². The number of hydrogen-bond acceptors (Lipinski definition) is 5. The fraction of sp³-hybridized carbons (Fsp3) is 0.250. The molecule has 1 amide bonds. The third kappa shape index (κ3) is 6.55. The standard InChI is InChI=1S/C28H25F3N2O4/c1-27(2)16-19-10-11-21(36-3)14-23(19)24(33-27)15-25(34)17-6-4-8-20(12-17)32-26(35)18-7-5-9-22(13-18)37-28(29,30)31/h4-14H,15-16H2,1-3H3,(H,32,35). The number of hydrogen-bond donors (Lipinski definition) is 1. The van der Waals surface area contributed by atoms with Gasteiger partial charge in [-0.25, -0.2) is 0 Å². The minimum atomic E-state index is -4.87. The van der Waals surface area contributed by atoms with Crippen LogP contribution in [-0.4, -0.2) is 36.4 Å². The average molecular weight is 511 g/mol. The zero-order chi connectivity index (χ0) is 26.8.